The monoisotopic (exact) mass is 214 g/mol. The molecule has 76 valence electrons. The van der Waals surface area contributed by atoms with E-state index in [1.54, 1.807) is 11.0 Å². The third-order valence-corrected chi connectivity index (χ3v) is 2.40. The van der Waals surface area contributed by atoms with Crippen molar-refractivity contribution in [2.75, 3.05) is 12.4 Å². The number of hydrogen-bond donors (Lipinski definition) is 0. The molecule has 0 atom stereocenters. The lowest BCUT2D eigenvalue weighted by Crippen LogP contribution is -2.34. The molecule has 1 fully saturated rings. The molecule has 0 unspecified atom stereocenters. The van der Waals surface area contributed by atoms with Gasteiger partial charge in [0.15, 0.2) is 5.69 Å². The summed E-state index contributed by atoms with van der Waals surface area (Å²) < 4.78 is 4.63. The summed E-state index contributed by atoms with van der Waals surface area (Å²) in [4.78, 5) is 13.6. The Morgan fingerprint density at radius 1 is 1.71 bits per heavy atom. The smallest absolute Gasteiger partial charge is 0.276 e. The van der Waals surface area contributed by atoms with Gasteiger partial charge in [-0.05, 0) is 12.8 Å². The third kappa shape index (κ3) is 1.90. The molecule has 0 bridgehead atoms. The average Bonchev–Trinajstić information content (AvgIpc) is 2.88. The van der Waals surface area contributed by atoms with Crippen LogP contribution >= 0.6 is 11.6 Å². The number of alkyl halides is 1. The van der Waals surface area contributed by atoms with Crippen molar-refractivity contribution < 1.29 is 9.32 Å². The van der Waals surface area contributed by atoms with Gasteiger partial charge in [0.05, 0.1) is 0 Å². The minimum Gasteiger partial charge on any atom is -0.364 e. The summed E-state index contributed by atoms with van der Waals surface area (Å²) in [6, 6.07) is 1.93. The van der Waals surface area contributed by atoms with E-state index in [0.29, 0.717) is 24.2 Å². The Bertz CT molecular complexity index is 309. The lowest BCUT2D eigenvalue weighted by molar-refractivity contribution is 0.0743. The highest BCUT2D eigenvalue weighted by Gasteiger charge is 2.33. The first-order valence-electron chi connectivity index (χ1n) is 4.60. The van der Waals surface area contributed by atoms with Gasteiger partial charge in [0.25, 0.3) is 5.91 Å². The van der Waals surface area contributed by atoms with E-state index < -0.39 is 0 Å². The van der Waals surface area contributed by atoms with Crippen molar-refractivity contribution in [3.05, 3.63) is 18.0 Å². The number of amides is 1. The molecule has 0 spiro atoms. The maximum atomic E-state index is 11.8. The largest absolute Gasteiger partial charge is 0.364 e. The zero-order chi connectivity index (χ0) is 9.97. The molecule has 1 saturated carbocycles. The molecule has 0 aromatic carbocycles. The Kier molecular flexibility index (Phi) is 2.72. The summed E-state index contributed by atoms with van der Waals surface area (Å²) >= 11 is 5.64. The summed E-state index contributed by atoms with van der Waals surface area (Å²) in [5, 5.41) is 3.62. The van der Waals surface area contributed by atoms with Crippen LogP contribution in [0, 0.1) is 0 Å². The van der Waals surface area contributed by atoms with E-state index in [1.807, 2.05) is 0 Å². The maximum Gasteiger partial charge on any atom is 0.276 e. The van der Waals surface area contributed by atoms with Gasteiger partial charge in [0, 0.05) is 24.5 Å². The van der Waals surface area contributed by atoms with E-state index in [2.05, 4.69) is 9.68 Å². The molecular weight excluding hydrogens is 204 g/mol. The molecule has 4 nitrogen and oxygen atoms in total. The van der Waals surface area contributed by atoms with Crippen molar-refractivity contribution in [2.45, 2.75) is 18.9 Å². The molecule has 1 aromatic rings. The fourth-order valence-corrected chi connectivity index (χ4v) is 1.58. The van der Waals surface area contributed by atoms with E-state index in [-0.39, 0.29) is 5.91 Å². The van der Waals surface area contributed by atoms with E-state index in [4.69, 9.17) is 11.6 Å². The number of nitrogens with zero attached hydrogens (tertiary/aromatic N) is 2. The van der Waals surface area contributed by atoms with E-state index in [1.165, 1.54) is 6.26 Å². The Balaban J connectivity index is 2.07. The molecule has 1 aromatic heterocycles. The van der Waals surface area contributed by atoms with Crippen LogP contribution in [0.5, 0.6) is 0 Å². The van der Waals surface area contributed by atoms with Crippen molar-refractivity contribution in [3.8, 4) is 0 Å². The van der Waals surface area contributed by atoms with Crippen LogP contribution in [0.3, 0.4) is 0 Å². The molecule has 1 aliphatic carbocycles. The zero-order valence-electron chi connectivity index (χ0n) is 7.65. The predicted octanol–water partition coefficient (Wildman–Crippen LogP) is 1.52. The van der Waals surface area contributed by atoms with Crippen molar-refractivity contribution in [3.63, 3.8) is 0 Å². The fraction of sp³-hybridized carbons (Fsp3) is 0.556. The number of aromatic nitrogens is 1. The van der Waals surface area contributed by atoms with Crippen LogP contribution < -0.4 is 0 Å². The van der Waals surface area contributed by atoms with Crippen molar-refractivity contribution in [1.82, 2.24) is 10.1 Å². The van der Waals surface area contributed by atoms with Crippen LogP contribution in [0.2, 0.25) is 0 Å². The van der Waals surface area contributed by atoms with Gasteiger partial charge in [0.2, 0.25) is 0 Å². The third-order valence-electron chi connectivity index (χ3n) is 2.23. The van der Waals surface area contributed by atoms with Crippen LogP contribution in [0.4, 0.5) is 0 Å². The normalized spacial score (nSPS) is 15.5. The van der Waals surface area contributed by atoms with Gasteiger partial charge in [0.1, 0.15) is 6.26 Å². The second-order valence-electron chi connectivity index (χ2n) is 3.30. The first-order chi connectivity index (χ1) is 6.83. The Labute approximate surface area is 86.8 Å². The van der Waals surface area contributed by atoms with Gasteiger partial charge in [-0.3, -0.25) is 4.79 Å². The van der Waals surface area contributed by atoms with Crippen LogP contribution in [-0.2, 0) is 0 Å². The highest BCUT2D eigenvalue weighted by Crippen LogP contribution is 2.27. The Hall–Kier alpha value is -1.03. The first-order valence-corrected chi connectivity index (χ1v) is 5.13. The molecule has 0 radical (unpaired) electrons. The van der Waals surface area contributed by atoms with Crippen molar-refractivity contribution in [2.24, 2.45) is 0 Å². The zero-order valence-corrected chi connectivity index (χ0v) is 8.41. The van der Waals surface area contributed by atoms with Gasteiger partial charge in [-0.25, -0.2) is 0 Å². The standard InChI is InChI=1S/C9H11ClN2O2/c10-4-5-12(7-1-2-7)9(13)8-3-6-14-11-8/h3,6-7H,1-2,4-5H2. The van der Waals surface area contributed by atoms with Crippen molar-refractivity contribution >= 4 is 17.5 Å². The number of carbonyl (C=O) groups is 1. The van der Waals surface area contributed by atoms with Crippen molar-refractivity contribution in [1.29, 1.82) is 0 Å². The quantitative estimate of drug-likeness (QED) is 0.714. The van der Waals surface area contributed by atoms with E-state index in [0.717, 1.165) is 12.8 Å². The van der Waals surface area contributed by atoms with Crippen LogP contribution in [0.25, 0.3) is 0 Å². The molecule has 0 aliphatic heterocycles. The fourth-order valence-electron chi connectivity index (χ4n) is 1.40. The van der Waals surface area contributed by atoms with E-state index >= 15 is 0 Å². The average molecular weight is 215 g/mol. The molecular formula is C9H11ClN2O2. The summed E-state index contributed by atoms with van der Waals surface area (Å²) in [6.07, 6.45) is 3.54. The van der Waals surface area contributed by atoms with Crippen LogP contribution in [0.1, 0.15) is 23.3 Å². The summed E-state index contributed by atoms with van der Waals surface area (Å²) in [5.74, 6) is 0.377. The molecule has 0 N–H and O–H groups in total. The highest BCUT2D eigenvalue weighted by atomic mass is 35.5. The molecule has 1 heterocycles. The topological polar surface area (TPSA) is 46.3 Å². The van der Waals surface area contributed by atoms with Gasteiger partial charge >= 0.3 is 0 Å². The summed E-state index contributed by atoms with van der Waals surface area (Å²) in [7, 11) is 0. The van der Waals surface area contributed by atoms with Gasteiger partial charge in [-0.2, -0.15) is 0 Å². The van der Waals surface area contributed by atoms with E-state index in [9.17, 15) is 4.79 Å². The van der Waals surface area contributed by atoms with Gasteiger partial charge < -0.3 is 9.42 Å². The second kappa shape index (κ2) is 4.00. The lowest BCUT2D eigenvalue weighted by atomic mass is 10.3. The number of carbonyl (C=O) groups excluding carboxylic acids is 1. The molecule has 5 heteroatoms. The number of halogens is 1. The SMILES string of the molecule is O=C(c1ccon1)N(CCCl)C1CC1. The summed E-state index contributed by atoms with van der Waals surface area (Å²) in [6.45, 7) is 0.581. The summed E-state index contributed by atoms with van der Waals surface area (Å²) in [5.41, 5.74) is 0.363. The first kappa shape index (κ1) is 9.52. The highest BCUT2D eigenvalue weighted by molar-refractivity contribution is 6.18. The minimum atomic E-state index is -0.0816. The predicted molar refractivity (Wildman–Crippen MR) is 51.3 cm³/mol. The molecule has 2 rings (SSSR count). The molecule has 0 saturated heterocycles. The van der Waals surface area contributed by atoms with Gasteiger partial charge in [-0.1, -0.05) is 5.16 Å². The maximum absolute atomic E-state index is 11.8. The lowest BCUT2D eigenvalue weighted by Gasteiger charge is -2.19. The number of rotatable bonds is 4. The van der Waals surface area contributed by atoms with Crippen LogP contribution in [-0.4, -0.2) is 34.4 Å². The Morgan fingerprint density at radius 2 is 2.50 bits per heavy atom. The Morgan fingerprint density at radius 3 is 3.00 bits per heavy atom. The molecule has 1 aliphatic rings. The minimum absolute atomic E-state index is 0.0816. The van der Waals surface area contributed by atoms with Gasteiger partial charge in [-0.15, -0.1) is 11.6 Å². The molecule has 14 heavy (non-hydrogen) atoms. The number of hydrogen-bond acceptors (Lipinski definition) is 3. The van der Waals surface area contributed by atoms with Crippen LogP contribution in [0.15, 0.2) is 16.9 Å². The second-order valence-corrected chi connectivity index (χ2v) is 3.68. The molecule has 1 amide bonds.